The third-order valence-corrected chi connectivity index (χ3v) is 11.2. The molecule has 0 radical (unpaired) electrons. The summed E-state index contributed by atoms with van der Waals surface area (Å²) in [6.07, 6.45) is 7.55. The number of aryl methyl sites for hydroxylation is 2. The zero-order valence-corrected chi connectivity index (χ0v) is 20.3. The lowest BCUT2D eigenvalue weighted by Crippen LogP contribution is -2.47. The Morgan fingerprint density at radius 3 is 2.47 bits per heavy atom. The van der Waals surface area contributed by atoms with E-state index >= 15 is 0 Å². The largest absolute Gasteiger partial charge is 0.508 e. The van der Waals surface area contributed by atoms with Gasteiger partial charge in [-0.15, -0.1) is 23.5 Å². The molecule has 3 aliphatic rings. The second kappa shape index (κ2) is 9.20. The number of benzene rings is 2. The molecule has 1 aliphatic heterocycles. The molecule has 3 heteroatoms. The molecule has 1 saturated heterocycles. The number of phenolic OH excluding ortho intramolecular Hbond substituents is 1. The summed E-state index contributed by atoms with van der Waals surface area (Å²) in [4.78, 5) is 0. The number of hydrogen-bond donors (Lipinski definition) is 1. The first-order valence-corrected chi connectivity index (χ1v) is 13.7. The van der Waals surface area contributed by atoms with Crippen LogP contribution in [0.2, 0.25) is 0 Å². The summed E-state index contributed by atoms with van der Waals surface area (Å²) < 4.78 is 0.415. The highest BCUT2D eigenvalue weighted by atomic mass is 32.2. The Hall–Kier alpha value is -1.06. The molecule has 1 N–H and O–H groups in total. The van der Waals surface area contributed by atoms with Gasteiger partial charge in [-0.1, -0.05) is 57.2 Å². The molecule has 0 amide bonds. The second-order valence-corrected chi connectivity index (χ2v) is 12.4. The summed E-state index contributed by atoms with van der Waals surface area (Å²) in [7, 11) is 0. The van der Waals surface area contributed by atoms with Crippen molar-refractivity contribution in [1.82, 2.24) is 0 Å². The van der Waals surface area contributed by atoms with Crippen LogP contribution in [0, 0.1) is 11.3 Å². The number of fused-ring (bicyclic) bond motifs is 3. The summed E-state index contributed by atoms with van der Waals surface area (Å²) in [6.45, 7) is 6.58. The van der Waals surface area contributed by atoms with Crippen LogP contribution in [0.3, 0.4) is 0 Å². The van der Waals surface area contributed by atoms with Crippen molar-refractivity contribution in [3.63, 3.8) is 0 Å². The van der Waals surface area contributed by atoms with Gasteiger partial charge in [0, 0.05) is 11.5 Å². The van der Waals surface area contributed by atoms with E-state index in [2.05, 4.69) is 66.8 Å². The van der Waals surface area contributed by atoms with Gasteiger partial charge in [0.2, 0.25) is 0 Å². The van der Waals surface area contributed by atoms with Crippen LogP contribution in [-0.2, 0) is 12.8 Å². The van der Waals surface area contributed by atoms with E-state index in [0.717, 1.165) is 12.3 Å². The maximum atomic E-state index is 10.0. The van der Waals surface area contributed by atoms with Gasteiger partial charge in [0.1, 0.15) is 5.75 Å². The van der Waals surface area contributed by atoms with E-state index in [1.54, 1.807) is 0 Å². The topological polar surface area (TPSA) is 20.2 Å². The fourth-order valence-electron chi connectivity index (χ4n) is 6.07. The van der Waals surface area contributed by atoms with Crippen LogP contribution >= 0.6 is 23.5 Å². The molecule has 1 saturated carbocycles. The number of aromatic hydroxyl groups is 1. The van der Waals surface area contributed by atoms with Gasteiger partial charge in [-0.25, -0.2) is 0 Å². The van der Waals surface area contributed by atoms with E-state index in [0.29, 0.717) is 21.2 Å². The van der Waals surface area contributed by atoms with Gasteiger partial charge >= 0.3 is 0 Å². The third-order valence-electron chi connectivity index (χ3n) is 7.67. The van der Waals surface area contributed by atoms with Gasteiger partial charge in [0.25, 0.3) is 0 Å². The molecular weight excluding hydrogens is 404 g/mol. The highest BCUT2D eigenvalue weighted by Gasteiger charge is 2.55. The molecule has 2 fully saturated rings. The monoisotopic (exact) mass is 440 g/mol. The molecule has 1 unspecified atom stereocenters. The summed E-state index contributed by atoms with van der Waals surface area (Å²) >= 11 is 4.47. The van der Waals surface area contributed by atoms with E-state index < -0.39 is 0 Å². The molecule has 0 aromatic heterocycles. The lowest BCUT2D eigenvalue weighted by molar-refractivity contribution is 0.0577. The van der Waals surface area contributed by atoms with Crippen LogP contribution in [0.4, 0.5) is 0 Å². The molecule has 5 rings (SSSR count). The quantitative estimate of drug-likeness (QED) is 0.528. The van der Waals surface area contributed by atoms with Crippen molar-refractivity contribution >= 4 is 23.5 Å². The SMILES string of the molecule is CC.CC12CCc3cc(O)ccc3[C@H]1CC1(C[C@@H]2CCc2ccccc2)SCCS1. The average molecular weight is 441 g/mol. The standard InChI is InChI=1S/C25H30OS2.C2H6/c1-24-12-11-19-15-21(26)9-10-22(19)23(24)17-25(27-13-14-28-25)16-20(24)8-7-18-5-3-2-4-6-18;1-2/h2-6,9-10,15,20,23,26H,7-8,11-14,16-17H2,1H3;1-2H3/t20-,23+,24?;/m0./s1. The zero-order chi connectivity index (χ0) is 21.2. The first-order chi connectivity index (χ1) is 14.6. The van der Waals surface area contributed by atoms with Crippen LogP contribution in [0.1, 0.15) is 69.1 Å². The van der Waals surface area contributed by atoms with Gasteiger partial charge in [0.15, 0.2) is 0 Å². The average Bonchev–Trinajstić information content (AvgIpc) is 3.23. The first kappa shape index (κ1) is 22.1. The van der Waals surface area contributed by atoms with Crippen LogP contribution in [0.25, 0.3) is 0 Å². The normalized spacial score (nSPS) is 28.9. The predicted molar refractivity (Wildman–Crippen MR) is 134 cm³/mol. The van der Waals surface area contributed by atoms with Crippen molar-refractivity contribution in [3.05, 3.63) is 65.2 Å². The lowest BCUT2D eigenvalue weighted by Gasteiger charge is -2.56. The fourth-order valence-corrected chi connectivity index (χ4v) is 9.52. The van der Waals surface area contributed by atoms with Crippen molar-refractivity contribution < 1.29 is 5.11 Å². The zero-order valence-electron chi connectivity index (χ0n) is 18.7. The first-order valence-electron chi connectivity index (χ1n) is 11.7. The molecule has 2 aromatic carbocycles. The maximum Gasteiger partial charge on any atom is 0.115 e. The summed E-state index contributed by atoms with van der Waals surface area (Å²) in [5.41, 5.74) is 4.79. The molecule has 0 bridgehead atoms. The van der Waals surface area contributed by atoms with Crippen molar-refractivity contribution in [2.45, 2.75) is 69.3 Å². The molecule has 1 nitrogen and oxygen atoms in total. The summed E-state index contributed by atoms with van der Waals surface area (Å²) in [6, 6.07) is 17.2. The van der Waals surface area contributed by atoms with E-state index in [4.69, 9.17) is 0 Å². The van der Waals surface area contributed by atoms with Crippen LogP contribution < -0.4 is 0 Å². The number of hydrogen-bond acceptors (Lipinski definition) is 3. The Bertz CT molecular complexity index is 843. The number of phenols is 1. The Morgan fingerprint density at radius 1 is 1.00 bits per heavy atom. The molecule has 30 heavy (non-hydrogen) atoms. The maximum absolute atomic E-state index is 10.0. The highest BCUT2D eigenvalue weighted by molar-refractivity contribution is 8.21. The van der Waals surface area contributed by atoms with Crippen LogP contribution in [-0.4, -0.2) is 20.7 Å². The fraction of sp³-hybridized carbons (Fsp3) is 0.556. The second-order valence-electron chi connectivity index (χ2n) is 9.18. The molecule has 3 atom stereocenters. The summed E-state index contributed by atoms with van der Waals surface area (Å²) in [5, 5.41) is 10.0. The molecule has 162 valence electrons. The Morgan fingerprint density at radius 2 is 1.73 bits per heavy atom. The Balaban J connectivity index is 0.00000106. The van der Waals surface area contributed by atoms with Gasteiger partial charge in [-0.2, -0.15) is 0 Å². The molecule has 1 spiro atoms. The van der Waals surface area contributed by atoms with Gasteiger partial charge in [0.05, 0.1) is 4.08 Å². The van der Waals surface area contributed by atoms with Crippen LogP contribution in [0.5, 0.6) is 5.75 Å². The number of thioether (sulfide) groups is 2. The van der Waals surface area contributed by atoms with Crippen molar-refractivity contribution in [1.29, 1.82) is 0 Å². The summed E-state index contributed by atoms with van der Waals surface area (Å²) in [5.74, 6) is 4.44. The molecule has 2 aliphatic carbocycles. The van der Waals surface area contributed by atoms with Gasteiger partial charge < -0.3 is 5.11 Å². The smallest absolute Gasteiger partial charge is 0.115 e. The van der Waals surface area contributed by atoms with Crippen molar-refractivity contribution in [2.24, 2.45) is 11.3 Å². The van der Waals surface area contributed by atoms with E-state index in [1.165, 1.54) is 60.3 Å². The molecule has 2 aromatic rings. The number of rotatable bonds is 3. The van der Waals surface area contributed by atoms with E-state index in [9.17, 15) is 5.11 Å². The van der Waals surface area contributed by atoms with E-state index in [-0.39, 0.29) is 0 Å². The minimum Gasteiger partial charge on any atom is -0.508 e. The van der Waals surface area contributed by atoms with Crippen molar-refractivity contribution in [3.8, 4) is 5.75 Å². The lowest BCUT2D eigenvalue weighted by atomic mass is 9.53. The molecule has 1 heterocycles. The third kappa shape index (κ3) is 4.17. The predicted octanol–water partition coefficient (Wildman–Crippen LogP) is 7.67. The van der Waals surface area contributed by atoms with Crippen molar-refractivity contribution in [2.75, 3.05) is 11.5 Å². The Labute approximate surface area is 191 Å². The Kier molecular flexibility index (Phi) is 6.79. The minimum absolute atomic E-state index is 0.383. The highest BCUT2D eigenvalue weighted by Crippen LogP contribution is 2.66. The van der Waals surface area contributed by atoms with Gasteiger partial charge in [-0.3, -0.25) is 0 Å². The molecular formula is C27H36OS2. The van der Waals surface area contributed by atoms with E-state index in [1.807, 2.05) is 26.0 Å². The van der Waals surface area contributed by atoms with Gasteiger partial charge in [-0.05, 0) is 84.6 Å². The van der Waals surface area contributed by atoms with Crippen LogP contribution in [0.15, 0.2) is 48.5 Å². The minimum atomic E-state index is 0.383.